The average molecular weight is 427 g/mol. The van der Waals surface area contributed by atoms with E-state index in [9.17, 15) is 14.7 Å². The number of carbonyl (C=O) groups is 2. The van der Waals surface area contributed by atoms with Crippen molar-refractivity contribution in [2.45, 2.75) is 19.0 Å². The summed E-state index contributed by atoms with van der Waals surface area (Å²) in [6.45, 7) is 1.78. The maximum absolute atomic E-state index is 12.0. The normalized spacial score (nSPS) is 16.8. The van der Waals surface area contributed by atoms with Gasteiger partial charge in [0.25, 0.3) is 0 Å². The fourth-order valence-corrected chi connectivity index (χ4v) is 4.51. The van der Waals surface area contributed by atoms with Gasteiger partial charge >= 0.3 is 11.9 Å². The van der Waals surface area contributed by atoms with Crippen molar-refractivity contribution in [1.82, 2.24) is 9.47 Å². The smallest absolute Gasteiger partial charge is 0.325 e. The number of carboxylic acid groups (broad SMARTS) is 2. The summed E-state index contributed by atoms with van der Waals surface area (Å²) in [7, 11) is 0. The Kier molecular flexibility index (Phi) is 5.71. The molecule has 2 aromatic rings. The second-order valence-corrected chi connectivity index (χ2v) is 8.11. The van der Waals surface area contributed by atoms with Crippen LogP contribution in [0.1, 0.15) is 18.0 Å². The summed E-state index contributed by atoms with van der Waals surface area (Å²) in [4.78, 5) is 25.0. The summed E-state index contributed by atoms with van der Waals surface area (Å²) in [5.41, 5.74) is 1.58. The Bertz CT molecular complexity index is 801. The van der Waals surface area contributed by atoms with Crippen molar-refractivity contribution in [3.8, 4) is 0 Å². The van der Waals surface area contributed by atoms with Crippen LogP contribution in [0, 0.1) is 0 Å². The predicted molar refractivity (Wildman–Crippen MR) is 101 cm³/mol. The molecule has 0 aliphatic carbocycles. The van der Waals surface area contributed by atoms with Gasteiger partial charge in [-0.1, -0.05) is 22.0 Å². The van der Waals surface area contributed by atoms with Crippen LogP contribution < -0.4 is 0 Å². The number of fused-ring (bicyclic) bond motifs is 1. The molecule has 3 rings (SSSR count). The Morgan fingerprint density at radius 1 is 1.24 bits per heavy atom. The van der Waals surface area contributed by atoms with Gasteiger partial charge in [-0.25, -0.2) is 0 Å². The van der Waals surface area contributed by atoms with Gasteiger partial charge in [-0.3, -0.25) is 14.5 Å². The molecular formula is C17H19BrN2O4S. The molecule has 2 heterocycles. The van der Waals surface area contributed by atoms with Gasteiger partial charge in [0.05, 0.1) is 6.42 Å². The topological polar surface area (TPSA) is 82.8 Å². The SMILES string of the molecule is O=C(O)CCn1cc(C(C(=O)O)N2CCSCC2)c2ccc(Br)cc21. The minimum absolute atomic E-state index is 0.00613. The van der Waals surface area contributed by atoms with Gasteiger partial charge in [0.2, 0.25) is 0 Å². The fraction of sp³-hybridized carbons (Fsp3) is 0.412. The Labute approximate surface area is 157 Å². The quantitative estimate of drug-likeness (QED) is 0.738. The molecule has 1 aliphatic heterocycles. The number of thioether (sulfide) groups is 1. The second-order valence-electron chi connectivity index (χ2n) is 5.97. The number of aryl methyl sites for hydroxylation is 1. The number of benzene rings is 1. The van der Waals surface area contributed by atoms with E-state index >= 15 is 0 Å². The van der Waals surface area contributed by atoms with E-state index in [1.165, 1.54) is 0 Å². The summed E-state index contributed by atoms with van der Waals surface area (Å²) in [6, 6.07) is 4.99. The van der Waals surface area contributed by atoms with Crippen LogP contribution >= 0.6 is 27.7 Å². The van der Waals surface area contributed by atoms with E-state index in [1.54, 1.807) is 6.20 Å². The Balaban J connectivity index is 2.06. The van der Waals surface area contributed by atoms with E-state index in [1.807, 2.05) is 39.4 Å². The van der Waals surface area contributed by atoms with E-state index in [0.717, 1.165) is 45.5 Å². The van der Waals surface area contributed by atoms with Gasteiger partial charge in [-0.2, -0.15) is 11.8 Å². The Morgan fingerprint density at radius 3 is 2.60 bits per heavy atom. The summed E-state index contributed by atoms with van der Waals surface area (Å²) in [6.07, 6.45) is 1.80. The fourth-order valence-electron chi connectivity index (χ4n) is 3.23. The third kappa shape index (κ3) is 4.02. The van der Waals surface area contributed by atoms with Crippen LogP contribution in [0.3, 0.4) is 0 Å². The monoisotopic (exact) mass is 426 g/mol. The van der Waals surface area contributed by atoms with Crippen LogP contribution in [-0.2, 0) is 16.1 Å². The first-order valence-corrected chi connectivity index (χ1v) is 9.97. The summed E-state index contributed by atoms with van der Waals surface area (Å²) in [5.74, 6) is 0.105. The molecule has 1 aliphatic rings. The zero-order chi connectivity index (χ0) is 18.0. The minimum atomic E-state index is -0.874. The van der Waals surface area contributed by atoms with Crippen molar-refractivity contribution >= 4 is 50.5 Å². The third-order valence-corrected chi connectivity index (χ3v) is 5.82. The zero-order valence-corrected chi connectivity index (χ0v) is 15.9. The van der Waals surface area contributed by atoms with Crippen LogP contribution in [-0.4, -0.2) is 56.2 Å². The van der Waals surface area contributed by atoms with E-state index in [2.05, 4.69) is 15.9 Å². The van der Waals surface area contributed by atoms with Crippen LogP contribution in [0.2, 0.25) is 0 Å². The lowest BCUT2D eigenvalue weighted by atomic mass is 10.0. The first-order chi connectivity index (χ1) is 12.0. The van der Waals surface area contributed by atoms with Crippen molar-refractivity contribution in [2.75, 3.05) is 24.6 Å². The number of rotatable bonds is 6. The summed E-state index contributed by atoms with van der Waals surface area (Å²) in [5, 5.41) is 19.7. The standard InChI is InChI=1S/C17H19BrN2O4S/c18-11-1-2-12-13(10-20(14(12)9-11)4-3-15(21)22)16(17(23)24)19-5-7-25-8-6-19/h1-2,9-10,16H,3-8H2,(H,21,22)(H,23,24). The third-order valence-electron chi connectivity index (χ3n) is 4.38. The Morgan fingerprint density at radius 2 is 1.96 bits per heavy atom. The van der Waals surface area contributed by atoms with E-state index in [-0.39, 0.29) is 6.42 Å². The van der Waals surface area contributed by atoms with Crippen LogP contribution in [0.15, 0.2) is 28.9 Å². The number of nitrogens with zero attached hydrogens (tertiary/aromatic N) is 2. The average Bonchev–Trinajstić information content (AvgIpc) is 2.91. The number of hydrogen-bond donors (Lipinski definition) is 2. The van der Waals surface area contributed by atoms with E-state index < -0.39 is 18.0 Å². The van der Waals surface area contributed by atoms with Crippen LogP contribution in [0.4, 0.5) is 0 Å². The summed E-state index contributed by atoms with van der Waals surface area (Å²) < 4.78 is 2.72. The first-order valence-electron chi connectivity index (χ1n) is 8.02. The first kappa shape index (κ1) is 18.3. The van der Waals surface area contributed by atoms with Gasteiger partial charge in [0, 0.05) is 58.3 Å². The molecule has 1 saturated heterocycles. The molecule has 2 N–H and O–H groups in total. The highest BCUT2D eigenvalue weighted by molar-refractivity contribution is 9.10. The van der Waals surface area contributed by atoms with Crippen molar-refractivity contribution in [1.29, 1.82) is 0 Å². The van der Waals surface area contributed by atoms with E-state index in [0.29, 0.717) is 6.54 Å². The van der Waals surface area contributed by atoms with Gasteiger partial charge in [0.1, 0.15) is 6.04 Å². The highest BCUT2D eigenvalue weighted by Gasteiger charge is 2.31. The zero-order valence-electron chi connectivity index (χ0n) is 13.5. The molecule has 0 amide bonds. The van der Waals surface area contributed by atoms with Gasteiger partial charge < -0.3 is 14.8 Å². The lowest BCUT2D eigenvalue weighted by molar-refractivity contribution is -0.143. The number of halogens is 1. The van der Waals surface area contributed by atoms with Crippen molar-refractivity contribution < 1.29 is 19.8 Å². The molecule has 1 aromatic carbocycles. The largest absolute Gasteiger partial charge is 0.481 e. The molecule has 134 valence electrons. The molecule has 1 fully saturated rings. The molecule has 8 heteroatoms. The maximum atomic E-state index is 12.0. The van der Waals surface area contributed by atoms with Crippen LogP contribution in [0.25, 0.3) is 10.9 Å². The number of carboxylic acids is 2. The lowest BCUT2D eigenvalue weighted by Crippen LogP contribution is -2.39. The molecule has 6 nitrogen and oxygen atoms in total. The molecular weight excluding hydrogens is 408 g/mol. The molecule has 1 atom stereocenters. The molecule has 1 aromatic heterocycles. The molecule has 0 bridgehead atoms. The second kappa shape index (κ2) is 7.80. The summed E-state index contributed by atoms with van der Waals surface area (Å²) >= 11 is 5.27. The van der Waals surface area contributed by atoms with Crippen LogP contribution in [0.5, 0.6) is 0 Å². The predicted octanol–water partition coefficient (Wildman–Crippen LogP) is 3.05. The minimum Gasteiger partial charge on any atom is -0.481 e. The number of hydrogen-bond acceptors (Lipinski definition) is 4. The molecule has 25 heavy (non-hydrogen) atoms. The van der Waals surface area contributed by atoms with Gasteiger partial charge in [-0.05, 0) is 12.1 Å². The molecule has 0 radical (unpaired) electrons. The molecule has 0 spiro atoms. The highest BCUT2D eigenvalue weighted by atomic mass is 79.9. The number of aliphatic carboxylic acids is 2. The Hall–Kier alpha value is -1.51. The number of aromatic nitrogens is 1. The van der Waals surface area contributed by atoms with Gasteiger partial charge in [0.15, 0.2) is 0 Å². The van der Waals surface area contributed by atoms with Crippen molar-refractivity contribution in [3.05, 3.63) is 34.4 Å². The van der Waals surface area contributed by atoms with Crippen molar-refractivity contribution in [2.24, 2.45) is 0 Å². The molecule has 0 saturated carbocycles. The lowest BCUT2D eigenvalue weighted by Gasteiger charge is -2.31. The molecule has 1 unspecified atom stereocenters. The van der Waals surface area contributed by atoms with Crippen molar-refractivity contribution in [3.63, 3.8) is 0 Å². The van der Waals surface area contributed by atoms with Gasteiger partial charge in [-0.15, -0.1) is 0 Å². The highest BCUT2D eigenvalue weighted by Crippen LogP contribution is 2.33. The maximum Gasteiger partial charge on any atom is 0.325 e. The van der Waals surface area contributed by atoms with E-state index in [4.69, 9.17) is 5.11 Å².